The minimum absolute atomic E-state index is 0.211. The van der Waals surface area contributed by atoms with E-state index in [4.69, 9.17) is 0 Å². The van der Waals surface area contributed by atoms with Crippen LogP contribution in [0.5, 0.6) is 0 Å². The van der Waals surface area contributed by atoms with Gasteiger partial charge < -0.3 is 10.2 Å². The lowest BCUT2D eigenvalue weighted by Gasteiger charge is -2.29. The third-order valence-electron chi connectivity index (χ3n) is 3.00. The summed E-state index contributed by atoms with van der Waals surface area (Å²) >= 11 is 0. The summed E-state index contributed by atoms with van der Waals surface area (Å²) in [6.45, 7) is 6.21. The maximum atomic E-state index is 11.8. The molecule has 82 valence electrons. The molecule has 0 aliphatic carbocycles. The van der Waals surface area contributed by atoms with Gasteiger partial charge >= 0.3 is 0 Å². The molecule has 3 nitrogen and oxygen atoms in total. The Morgan fingerprint density at radius 3 is 2.93 bits per heavy atom. The molecule has 0 spiro atoms. The molecule has 1 aliphatic heterocycles. The quantitative estimate of drug-likeness (QED) is 0.740. The zero-order chi connectivity index (χ0) is 10.6. The number of carbonyl (C=O) groups excluding carboxylic acids is 1. The van der Waals surface area contributed by atoms with Crippen LogP contribution >= 0.6 is 0 Å². The van der Waals surface area contributed by atoms with E-state index in [1.54, 1.807) is 0 Å². The second kappa shape index (κ2) is 5.35. The van der Waals surface area contributed by atoms with E-state index in [1.165, 1.54) is 0 Å². The highest BCUT2D eigenvalue weighted by Gasteiger charge is 2.24. The number of piperidine rings is 1. The molecular weight excluding hydrogens is 176 g/mol. The summed E-state index contributed by atoms with van der Waals surface area (Å²) in [4.78, 5) is 14.0. The zero-order valence-electron chi connectivity index (χ0n) is 9.55. The van der Waals surface area contributed by atoms with E-state index in [0.29, 0.717) is 6.04 Å². The minimum atomic E-state index is 0.211. The molecule has 0 aromatic rings. The first kappa shape index (κ1) is 11.5. The molecule has 0 aromatic heterocycles. The predicted molar refractivity (Wildman–Crippen MR) is 58.1 cm³/mol. The molecule has 1 heterocycles. The van der Waals surface area contributed by atoms with E-state index < -0.39 is 0 Å². The number of carbonyl (C=O) groups is 1. The minimum Gasteiger partial charge on any atom is -0.353 e. The van der Waals surface area contributed by atoms with Gasteiger partial charge in [0.2, 0.25) is 5.91 Å². The van der Waals surface area contributed by atoms with E-state index in [1.807, 2.05) is 0 Å². The molecule has 14 heavy (non-hydrogen) atoms. The van der Waals surface area contributed by atoms with Crippen molar-refractivity contribution in [2.45, 2.75) is 39.2 Å². The van der Waals surface area contributed by atoms with Crippen molar-refractivity contribution in [1.82, 2.24) is 10.2 Å². The summed E-state index contributed by atoms with van der Waals surface area (Å²) < 4.78 is 0. The van der Waals surface area contributed by atoms with Crippen molar-refractivity contribution in [1.29, 1.82) is 0 Å². The van der Waals surface area contributed by atoms with Crippen molar-refractivity contribution >= 4 is 5.91 Å². The van der Waals surface area contributed by atoms with Gasteiger partial charge in [-0.2, -0.15) is 0 Å². The molecule has 1 fully saturated rings. The molecule has 1 aliphatic rings. The Labute approximate surface area is 86.9 Å². The maximum Gasteiger partial charge on any atom is 0.224 e. The number of rotatable bonds is 3. The van der Waals surface area contributed by atoms with Gasteiger partial charge in [-0.1, -0.05) is 6.92 Å². The Balaban J connectivity index is 2.36. The van der Waals surface area contributed by atoms with Crippen molar-refractivity contribution in [3.63, 3.8) is 0 Å². The molecule has 0 aromatic carbocycles. The molecule has 0 saturated carbocycles. The van der Waals surface area contributed by atoms with E-state index >= 15 is 0 Å². The van der Waals surface area contributed by atoms with Gasteiger partial charge in [-0.15, -0.1) is 0 Å². The fourth-order valence-corrected chi connectivity index (χ4v) is 1.84. The topological polar surface area (TPSA) is 32.3 Å². The van der Waals surface area contributed by atoms with Gasteiger partial charge in [0.15, 0.2) is 0 Å². The van der Waals surface area contributed by atoms with Crippen LogP contribution in [0.25, 0.3) is 0 Å². The van der Waals surface area contributed by atoms with Crippen LogP contribution in [0.1, 0.15) is 33.1 Å². The third kappa shape index (κ3) is 3.29. The van der Waals surface area contributed by atoms with Crippen LogP contribution in [-0.2, 0) is 4.79 Å². The smallest absolute Gasteiger partial charge is 0.224 e. The lowest BCUT2D eigenvalue weighted by atomic mass is 9.97. The van der Waals surface area contributed by atoms with Gasteiger partial charge in [-0.05, 0) is 39.8 Å². The number of amides is 1. The summed E-state index contributed by atoms with van der Waals surface area (Å²) in [5.74, 6) is 0.452. The van der Waals surface area contributed by atoms with Gasteiger partial charge in [-0.3, -0.25) is 4.79 Å². The Bertz CT molecular complexity index is 194. The average molecular weight is 198 g/mol. The summed E-state index contributed by atoms with van der Waals surface area (Å²) in [6.07, 6.45) is 3.20. The fraction of sp³-hybridized carbons (Fsp3) is 0.909. The van der Waals surface area contributed by atoms with Gasteiger partial charge in [0, 0.05) is 12.6 Å². The summed E-state index contributed by atoms with van der Waals surface area (Å²) in [6, 6.07) is 0.315. The van der Waals surface area contributed by atoms with Crippen molar-refractivity contribution in [3.05, 3.63) is 0 Å². The molecule has 2 atom stereocenters. The molecule has 1 amide bonds. The number of hydrogen-bond acceptors (Lipinski definition) is 2. The summed E-state index contributed by atoms with van der Waals surface area (Å²) in [5.41, 5.74) is 0. The lowest BCUT2D eigenvalue weighted by Crippen LogP contribution is -2.43. The van der Waals surface area contributed by atoms with E-state index in [0.717, 1.165) is 32.4 Å². The maximum absolute atomic E-state index is 11.8. The first-order valence-corrected chi connectivity index (χ1v) is 5.62. The Morgan fingerprint density at radius 1 is 1.64 bits per heavy atom. The third-order valence-corrected chi connectivity index (χ3v) is 3.00. The van der Waals surface area contributed by atoms with E-state index in [2.05, 4.69) is 31.1 Å². The number of nitrogens with one attached hydrogen (secondary N) is 1. The highest BCUT2D eigenvalue weighted by molar-refractivity contribution is 5.79. The second-order valence-corrected chi connectivity index (χ2v) is 4.42. The Kier molecular flexibility index (Phi) is 4.39. The molecule has 1 rings (SSSR count). The van der Waals surface area contributed by atoms with Gasteiger partial charge in [0.05, 0.1) is 5.92 Å². The molecule has 0 unspecified atom stereocenters. The van der Waals surface area contributed by atoms with Crippen molar-refractivity contribution in [2.24, 2.45) is 5.92 Å². The number of hydrogen-bond donors (Lipinski definition) is 1. The Morgan fingerprint density at radius 2 is 2.36 bits per heavy atom. The van der Waals surface area contributed by atoms with Gasteiger partial charge in [0.1, 0.15) is 0 Å². The lowest BCUT2D eigenvalue weighted by molar-refractivity contribution is -0.127. The van der Waals surface area contributed by atoms with Crippen molar-refractivity contribution in [3.8, 4) is 0 Å². The predicted octanol–water partition coefficient (Wildman–Crippen LogP) is 1.24. The van der Waals surface area contributed by atoms with Crippen molar-refractivity contribution < 1.29 is 4.79 Å². The van der Waals surface area contributed by atoms with Crippen LogP contribution in [-0.4, -0.2) is 37.0 Å². The molecule has 1 N–H and O–H groups in total. The molecule has 3 heteroatoms. The van der Waals surface area contributed by atoms with Gasteiger partial charge in [-0.25, -0.2) is 0 Å². The Hall–Kier alpha value is -0.570. The standard InChI is InChI=1S/C11H22N2O/c1-4-9(2)12-11(14)10-6-5-7-13(3)8-10/h9-10H,4-8H2,1-3H3,(H,12,14)/t9-,10-/m0/s1. The van der Waals surface area contributed by atoms with Crippen LogP contribution in [0.4, 0.5) is 0 Å². The first-order chi connectivity index (χ1) is 6.63. The molecule has 0 radical (unpaired) electrons. The fourth-order valence-electron chi connectivity index (χ4n) is 1.84. The van der Waals surface area contributed by atoms with Gasteiger partial charge in [0.25, 0.3) is 0 Å². The monoisotopic (exact) mass is 198 g/mol. The first-order valence-electron chi connectivity index (χ1n) is 5.62. The largest absolute Gasteiger partial charge is 0.353 e. The number of nitrogens with zero attached hydrogens (tertiary/aromatic N) is 1. The highest BCUT2D eigenvalue weighted by Crippen LogP contribution is 2.15. The van der Waals surface area contributed by atoms with Crippen LogP contribution in [0.15, 0.2) is 0 Å². The molecule has 0 bridgehead atoms. The normalized spacial score (nSPS) is 25.8. The van der Waals surface area contributed by atoms with Crippen LogP contribution in [0.3, 0.4) is 0 Å². The SMILES string of the molecule is CC[C@H](C)NC(=O)[C@H]1CCCN(C)C1. The molecule has 1 saturated heterocycles. The molecular formula is C11H22N2O. The summed E-state index contributed by atoms with van der Waals surface area (Å²) in [7, 11) is 2.09. The number of likely N-dealkylation sites (tertiary alicyclic amines) is 1. The average Bonchev–Trinajstić information content (AvgIpc) is 2.17. The highest BCUT2D eigenvalue weighted by atomic mass is 16.2. The van der Waals surface area contributed by atoms with Crippen LogP contribution in [0, 0.1) is 5.92 Å². The van der Waals surface area contributed by atoms with E-state index in [-0.39, 0.29) is 11.8 Å². The zero-order valence-corrected chi connectivity index (χ0v) is 9.55. The van der Waals surface area contributed by atoms with E-state index in [9.17, 15) is 4.79 Å². The van der Waals surface area contributed by atoms with Crippen molar-refractivity contribution in [2.75, 3.05) is 20.1 Å². The summed E-state index contributed by atoms with van der Waals surface area (Å²) in [5, 5.41) is 3.05. The second-order valence-electron chi connectivity index (χ2n) is 4.42. The van der Waals surface area contributed by atoms with Crippen LogP contribution < -0.4 is 5.32 Å². The van der Waals surface area contributed by atoms with Crippen LogP contribution in [0.2, 0.25) is 0 Å².